The number of primary amides is 1. The Hall–Kier alpha value is -3.63. The second-order valence-corrected chi connectivity index (χ2v) is 14.3. The fraction of sp³-hybridized carbons (Fsp3) is 0.676. The molecule has 0 radical (unpaired) electrons. The van der Waals surface area contributed by atoms with E-state index in [0.29, 0.717) is 23.9 Å². The van der Waals surface area contributed by atoms with Crippen molar-refractivity contribution >= 4 is 35.4 Å². The number of urea groups is 1. The average molecular weight is 632 g/mol. The molecular weight excluding hydrogens is 574 g/mol. The van der Waals surface area contributed by atoms with Crippen LogP contribution in [0.15, 0.2) is 24.3 Å². The normalized spacial score (nSPS) is 13.0. The first kappa shape index (κ1) is 39.4. The van der Waals surface area contributed by atoms with Gasteiger partial charge in [-0.05, 0) is 75.5 Å². The van der Waals surface area contributed by atoms with Crippen LogP contribution >= 0.6 is 0 Å². The van der Waals surface area contributed by atoms with Gasteiger partial charge in [0.05, 0.1) is 5.41 Å². The van der Waals surface area contributed by atoms with Crippen molar-refractivity contribution in [2.24, 2.45) is 22.5 Å². The Kier molecular flexibility index (Phi) is 16.6. The number of hydrogen-bond acceptors (Lipinski definition) is 6. The summed E-state index contributed by atoms with van der Waals surface area (Å²) in [4.78, 5) is 62.5. The molecule has 0 aliphatic rings. The quantitative estimate of drug-likeness (QED) is 0.111. The Balaban J connectivity index is 2.81. The minimum atomic E-state index is -0.930. The van der Waals surface area contributed by atoms with Gasteiger partial charge in [-0.3, -0.25) is 19.2 Å². The van der Waals surface area contributed by atoms with Crippen molar-refractivity contribution in [3.05, 3.63) is 29.8 Å². The lowest BCUT2D eigenvalue weighted by Crippen LogP contribution is -2.54. The smallest absolute Gasteiger partial charge is 0.312 e. The molecule has 1 aromatic carbocycles. The fourth-order valence-electron chi connectivity index (χ4n) is 4.40. The number of benzene rings is 1. The Bertz CT molecular complexity index is 1110. The zero-order valence-electron chi connectivity index (χ0n) is 28.6. The maximum absolute atomic E-state index is 13.3. The molecule has 0 heterocycles. The molecule has 0 saturated heterocycles. The molecule has 0 aliphatic carbocycles. The van der Waals surface area contributed by atoms with Crippen LogP contribution in [0.5, 0.6) is 0 Å². The van der Waals surface area contributed by atoms with Crippen LogP contribution in [0.1, 0.15) is 112 Å². The minimum Gasteiger partial charge on any atom is -0.460 e. The molecule has 0 bridgehead atoms. The number of carbonyl (C=O) groups excluding carboxylic acids is 5. The van der Waals surface area contributed by atoms with Gasteiger partial charge >= 0.3 is 12.0 Å². The Labute approximate surface area is 269 Å². The Morgan fingerprint density at radius 1 is 0.822 bits per heavy atom. The summed E-state index contributed by atoms with van der Waals surface area (Å²) in [6.45, 7) is 16.0. The molecule has 11 nitrogen and oxygen atoms in total. The van der Waals surface area contributed by atoms with Crippen molar-refractivity contribution in [1.29, 1.82) is 0 Å². The summed E-state index contributed by atoms with van der Waals surface area (Å²) in [5.41, 5.74) is 6.10. The third kappa shape index (κ3) is 17.4. The molecule has 5 amide bonds. The van der Waals surface area contributed by atoms with Crippen molar-refractivity contribution < 1.29 is 28.7 Å². The van der Waals surface area contributed by atoms with Crippen LogP contribution < -0.4 is 27.0 Å². The number of amides is 5. The molecule has 1 aromatic rings. The number of nitrogens with one attached hydrogen (secondary N) is 4. The maximum atomic E-state index is 13.3. The molecule has 0 saturated carbocycles. The van der Waals surface area contributed by atoms with Gasteiger partial charge < -0.3 is 31.7 Å². The van der Waals surface area contributed by atoms with Gasteiger partial charge in [-0.25, -0.2) is 4.79 Å². The highest BCUT2D eigenvalue weighted by Crippen LogP contribution is 2.22. The molecule has 0 spiro atoms. The minimum absolute atomic E-state index is 0.107. The molecule has 2 atom stereocenters. The van der Waals surface area contributed by atoms with Crippen molar-refractivity contribution in [3.63, 3.8) is 0 Å². The number of nitrogens with two attached hydrogens (primary N) is 1. The zero-order chi connectivity index (χ0) is 34.2. The van der Waals surface area contributed by atoms with Crippen molar-refractivity contribution in [2.75, 3.05) is 11.9 Å². The number of rotatable bonds is 18. The van der Waals surface area contributed by atoms with E-state index in [9.17, 15) is 24.0 Å². The molecule has 254 valence electrons. The monoisotopic (exact) mass is 631 g/mol. The topological polar surface area (TPSA) is 169 Å². The first-order valence-electron chi connectivity index (χ1n) is 16.1. The standard InChI is InChI=1S/C34H57N5O6/c1-23(2)28(39-27(40)15-11-9-10-12-20-33(3,4)5)30(42)38-26(14-13-21-36-32(35)44)29(41)37-25-18-16-24(17-19-25)22-45-31(43)34(6,7)8/h16-19,23,26,28H,9-15,20-22H2,1-8H3,(H,37,41)(H,38,42)(H,39,40)(H3,35,36,44)/t26-,28-/m0/s1. The molecule has 0 unspecified atom stereocenters. The van der Waals surface area contributed by atoms with E-state index < -0.39 is 35.3 Å². The van der Waals surface area contributed by atoms with Gasteiger partial charge in [-0.15, -0.1) is 0 Å². The summed E-state index contributed by atoms with van der Waals surface area (Å²) in [6.07, 6.45) is 5.97. The lowest BCUT2D eigenvalue weighted by atomic mass is 9.89. The van der Waals surface area contributed by atoms with E-state index in [1.807, 2.05) is 13.8 Å². The molecule has 0 aromatic heterocycles. The summed E-state index contributed by atoms with van der Waals surface area (Å²) in [5.74, 6) is -1.62. The van der Waals surface area contributed by atoms with Crippen molar-refractivity contribution in [1.82, 2.24) is 16.0 Å². The van der Waals surface area contributed by atoms with E-state index >= 15 is 0 Å². The first-order valence-corrected chi connectivity index (χ1v) is 16.1. The number of carbonyl (C=O) groups is 5. The lowest BCUT2D eigenvalue weighted by molar-refractivity contribution is -0.154. The van der Waals surface area contributed by atoms with Gasteiger partial charge in [0.25, 0.3) is 0 Å². The van der Waals surface area contributed by atoms with E-state index in [-0.39, 0.29) is 37.4 Å². The van der Waals surface area contributed by atoms with Gasteiger partial charge in [0.1, 0.15) is 18.7 Å². The maximum Gasteiger partial charge on any atom is 0.312 e. The van der Waals surface area contributed by atoms with Crippen molar-refractivity contribution in [3.8, 4) is 0 Å². The van der Waals surface area contributed by atoms with Crippen LogP contribution in [0.2, 0.25) is 0 Å². The van der Waals surface area contributed by atoms with Gasteiger partial charge in [-0.2, -0.15) is 0 Å². The molecule has 45 heavy (non-hydrogen) atoms. The fourth-order valence-corrected chi connectivity index (χ4v) is 4.40. The van der Waals surface area contributed by atoms with Gasteiger partial charge in [0.2, 0.25) is 17.7 Å². The molecule has 6 N–H and O–H groups in total. The van der Waals surface area contributed by atoms with E-state index in [1.165, 1.54) is 0 Å². The predicted octanol–water partition coefficient (Wildman–Crippen LogP) is 5.18. The molecular formula is C34H57N5O6. The zero-order valence-corrected chi connectivity index (χ0v) is 28.6. The van der Waals surface area contributed by atoms with Crippen LogP contribution in [0.25, 0.3) is 0 Å². The van der Waals surface area contributed by atoms with E-state index in [2.05, 4.69) is 42.0 Å². The van der Waals surface area contributed by atoms with Crippen LogP contribution in [0, 0.1) is 16.7 Å². The van der Waals surface area contributed by atoms with Crippen LogP contribution in [0.3, 0.4) is 0 Å². The number of esters is 1. The number of hydrogen-bond donors (Lipinski definition) is 5. The Morgan fingerprint density at radius 3 is 2.00 bits per heavy atom. The van der Waals surface area contributed by atoms with Gasteiger partial charge in [-0.1, -0.05) is 66.0 Å². The van der Waals surface area contributed by atoms with E-state index in [4.69, 9.17) is 10.5 Å². The van der Waals surface area contributed by atoms with E-state index in [1.54, 1.807) is 45.0 Å². The second-order valence-electron chi connectivity index (χ2n) is 14.3. The second kappa shape index (κ2) is 19.0. The highest BCUT2D eigenvalue weighted by atomic mass is 16.5. The SMILES string of the molecule is CC(C)[C@H](NC(=O)CCCCCCC(C)(C)C)C(=O)N[C@@H](CCCNC(N)=O)C(=O)Nc1ccc(COC(=O)C(C)(C)C)cc1. The van der Waals surface area contributed by atoms with Crippen LogP contribution in [-0.2, 0) is 30.5 Å². The van der Waals surface area contributed by atoms with Crippen LogP contribution in [0.4, 0.5) is 10.5 Å². The number of anilines is 1. The summed E-state index contributed by atoms with van der Waals surface area (Å²) in [5, 5.41) is 11.0. The highest BCUT2D eigenvalue weighted by Gasteiger charge is 2.29. The van der Waals surface area contributed by atoms with Gasteiger partial charge in [0, 0.05) is 18.7 Å². The van der Waals surface area contributed by atoms with E-state index in [0.717, 1.165) is 37.7 Å². The lowest BCUT2D eigenvalue weighted by Gasteiger charge is -2.25. The summed E-state index contributed by atoms with van der Waals surface area (Å²) in [7, 11) is 0. The largest absolute Gasteiger partial charge is 0.460 e. The third-order valence-electron chi connectivity index (χ3n) is 7.15. The molecule has 11 heteroatoms. The van der Waals surface area contributed by atoms with Crippen LogP contribution in [-0.4, -0.2) is 48.4 Å². The van der Waals surface area contributed by atoms with Gasteiger partial charge in [0.15, 0.2) is 0 Å². The highest BCUT2D eigenvalue weighted by molar-refractivity contribution is 5.98. The summed E-state index contributed by atoms with van der Waals surface area (Å²) < 4.78 is 5.34. The summed E-state index contributed by atoms with van der Waals surface area (Å²) >= 11 is 0. The molecule has 0 fully saturated rings. The molecule has 1 rings (SSSR count). The third-order valence-corrected chi connectivity index (χ3v) is 7.15. The molecule has 0 aliphatic heterocycles. The first-order chi connectivity index (χ1) is 20.9. The number of unbranched alkanes of at least 4 members (excludes halogenated alkanes) is 3. The average Bonchev–Trinajstić information content (AvgIpc) is 2.93. The number of ether oxygens (including phenoxy) is 1. The Morgan fingerprint density at radius 2 is 1.44 bits per heavy atom. The van der Waals surface area contributed by atoms with Crippen molar-refractivity contribution in [2.45, 2.75) is 125 Å². The predicted molar refractivity (Wildman–Crippen MR) is 177 cm³/mol. The summed E-state index contributed by atoms with van der Waals surface area (Å²) in [6, 6.07) is 4.44.